The Hall–Kier alpha value is -1.35. The van der Waals surface area contributed by atoms with E-state index < -0.39 is 5.97 Å². The van der Waals surface area contributed by atoms with Crippen molar-refractivity contribution in [2.45, 2.75) is 131 Å². The first-order valence-corrected chi connectivity index (χ1v) is 17.7. The second kappa shape index (κ2) is 9.11. The van der Waals surface area contributed by atoms with Crippen molar-refractivity contribution in [2.24, 2.45) is 62.6 Å². The molecular formula is C39H59NO2. The highest BCUT2D eigenvalue weighted by Crippen LogP contribution is 2.77. The molecule has 3 nitrogen and oxygen atoms in total. The number of hydrogen-bond donors (Lipinski definition) is 2. The Kier molecular flexibility index (Phi) is 6.37. The maximum absolute atomic E-state index is 11.7. The van der Waals surface area contributed by atoms with Crippen LogP contribution >= 0.6 is 0 Å². The van der Waals surface area contributed by atoms with Gasteiger partial charge >= 0.3 is 5.97 Å². The van der Waals surface area contributed by atoms with Crippen molar-refractivity contribution in [3.63, 3.8) is 0 Å². The van der Waals surface area contributed by atoms with Crippen LogP contribution in [0.2, 0.25) is 0 Å². The number of nitrogens with one attached hydrogen (secondary N) is 1. The van der Waals surface area contributed by atoms with Crippen LogP contribution in [0.1, 0.15) is 126 Å². The van der Waals surface area contributed by atoms with Gasteiger partial charge in [-0.3, -0.25) is 0 Å². The molecule has 3 heteroatoms. The molecule has 0 aromatic rings. The monoisotopic (exact) mass is 573 g/mol. The highest BCUT2D eigenvalue weighted by molar-refractivity contribution is 5.87. The van der Waals surface area contributed by atoms with Crippen LogP contribution in [0, 0.1) is 62.6 Å². The van der Waals surface area contributed by atoms with Crippen LogP contribution in [-0.4, -0.2) is 23.7 Å². The van der Waals surface area contributed by atoms with E-state index in [4.69, 9.17) is 0 Å². The third kappa shape index (κ3) is 3.64. The minimum Gasteiger partial charge on any atom is -0.478 e. The summed E-state index contributed by atoms with van der Waals surface area (Å²) in [6.45, 7) is 18.2. The third-order valence-electron chi connectivity index (χ3n) is 16.5. The smallest absolute Gasteiger partial charge is 0.331 e. The first-order valence-electron chi connectivity index (χ1n) is 17.7. The van der Waals surface area contributed by atoms with Gasteiger partial charge in [-0.05, 0) is 158 Å². The van der Waals surface area contributed by atoms with Crippen LogP contribution in [-0.2, 0) is 4.79 Å². The van der Waals surface area contributed by atoms with Gasteiger partial charge in [-0.2, -0.15) is 0 Å². The summed E-state index contributed by atoms with van der Waals surface area (Å²) >= 11 is 0. The number of rotatable bonds is 4. The van der Waals surface area contributed by atoms with Gasteiger partial charge < -0.3 is 10.4 Å². The van der Waals surface area contributed by atoms with Gasteiger partial charge in [0.25, 0.3) is 0 Å². The van der Waals surface area contributed by atoms with Crippen LogP contribution < -0.4 is 5.32 Å². The van der Waals surface area contributed by atoms with Crippen LogP contribution in [0.4, 0.5) is 0 Å². The summed E-state index contributed by atoms with van der Waals surface area (Å²) in [5.74, 6) is 3.58. The minimum atomic E-state index is -0.762. The lowest BCUT2D eigenvalue weighted by atomic mass is 9.32. The van der Waals surface area contributed by atoms with Gasteiger partial charge in [-0.1, -0.05) is 66.7 Å². The Morgan fingerprint density at radius 3 is 2.21 bits per heavy atom. The van der Waals surface area contributed by atoms with Crippen LogP contribution in [0.15, 0.2) is 34.9 Å². The van der Waals surface area contributed by atoms with Gasteiger partial charge in [0.15, 0.2) is 0 Å². The molecule has 0 bridgehead atoms. The topological polar surface area (TPSA) is 49.3 Å². The number of carbonyl (C=O) groups is 1. The Morgan fingerprint density at radius 2 is 1.57 bits per heavy atom. The Morgan fingerprint density at radius 1 is 0.833 bits per heavy atom. The first-order chi connectivity index (χ1) is 19.7. The number of allylic oxidation sites excluding steroid dienone is 5. The standard InChI is InChI=1S/C39H59NO2/c1-24-23-25(33(41)42)9-10-26(24)27-13-16-36(5)30(34(27,2)3)15-17-38(7)31(36)12-11-29-32-28(35(4)19-20-35)14-18-39(32,40-8)22-21-37(29,38)6/h9-10,13,24,28-32,40H,11-12,14-23H2,1-8H3,(H,41,42)/t24?,28-,29-,30+,31-,32-,36+,37-,38-,39+/m1/s1. The number of carboxylic acids is 1. The molecule has 0 aliphatic heterocycles. The zero-order valence-corrected chi connectivity index (χ0v) is 28.0. The van der Waals surface area contributed by atoms with E-state index >= 15 is 0 Å². The van der Waals surface area contributed by atoms with E-state index in [1.807, 2.05) is 6.08 Å². The highest BCUT2D eigenvalue weighted by Gasteiger charge is 2.71. The molecule has 0 aromatic carbocycles. The summed E-state index contributed by atoms with van der Waals surface area (Å²) in [6.07, 6.45) is 22.6. The fraction of sp³-hybridized carbons (Fsp3) is 0.821. The summed E-state index contributed by atoms with van der Waals surface area (Å²) in [5, 5.41) is 13.6. The van der Waals surface area contributed by atoms with Crippen molar-refractivity contribution >= 4 is 5.97 Å². The molecule has 0 radical (unpaired) electrons. The van der Waals surface area contributed by atoms with Crippen molar-refractivity contribution in [2.75, 3.05) is 7.05 Å². The van der Waals surface area contributed by atoms with Crippen molar-refractivity contribution in [3.8, 4) is 0 Å². The van der Waals surface area contributed by atoms with Crippen molar-refractivity contribution in [1.82, 2.24) is 5.32 Å². The Bertz CT molecular complexity index is 1270. The maximum atomic E-state index is 11.7. The minimum absolute atomic E-state index is 0.103. The Labute approximate surface area is 256 Å². The second-order valence-corrected chi connectivity index (χ2v) is 18.2. The van der Waals surface area contributed by atoms with Gasteiger partial charge in [0.05, 0.1) is 0 Å². The van der Waals surface area contributed by atoms with Gasteiger partial charge in [0.2, 0.25) is 0 Å². The predicted octanol–water partition coefficient (Wildman–Crippen LogP) is 9.35. The van der Waals surface area contributed by atoms with Gasteiger partial charge in [0, 0.05) is 11.1 Å². The molecule has 7 rings (SSSR count). The first kappa shape index (κ1) is 29.4. The molecule has 7 aliphatic carbocycles. The van der Waals surface area contributed by atoms with Crippen molar-refractivity contribution in [1.29, 1.82) is 0 Å². The largest absolute Gasteiger partial charge is 0.478 e. The number of aliphatic carboxylic acids is 1. The second-order valence-electron chi connectivity index (χ2n) is 18.2. The van der Waals surface area contributed by atoms with E-state index in [9.17, 15) is 9.90 Å². The molecule has 0 amide bonds. The maximum Gasteiger partial charge on any atom is 0.331 e. The van der Waals surface area contributed by atoms with E-state index in [2.05, 4.69) is 73.0 Å². The third-order valence-corrected chi connectivity index (χ3v) is 16.5. The zero-order valence-electron chi connectivity index (χ0n) is 28.0. The van der Waals surface area contributed by atoms with E-state index in [1.54, 1.807) is 0 Å². The molecule has 0 heterocycles. The Balaban J connectivity index is 1.24. The number of fused-ring (bicyclic) bond motifs is 7. The predicted molar refractivity (Wildman–Crippen MR) is 172 cm³/mol. The molecule has 0 spiro atoms. The summed E-state index contributed by atoms with van der Waals surface area (Å²) in [7, 11) is 2.29. The zero-order chi connectivity index (χ0) is 30.1. The van der Waals surface area contributed by atoms with Gasteiger partial charge in [0.1, 0.15) is 0 Å². The summed E-state index contributed by atoms with van der Waals surface area (Å²) in [4.78, 5) is 11.7. The molecule has 232 valence electrons. The lowest BCUT2D eigenvalue weighted by Crippen LogP contribution is -2.68. The molecule has 0 aromatic heterocycles. The molecule has 2 N–H and O–H groups in total. The number of hydrogen-bond acceptors (Lipinski definition) is 2. The summed E-state index contributed by atoms with van der Waals surface area (Å²) in [6, 6.07) is 0. The summed E-state index contributed by atoms with van der Waals surface area (Å²) in [5.41, 5.74) is 5.72. The molecule has 7 aliphatic rings. The fourth-order valence-corrected chi connectivity index (χ4v) is 13.8. The average Bonchev–Trinajstić information content (AvgIpc) is 3.55. The van der Waals surface area contributed by atoms with Crippen LogP contribution in [0.3, 0.4) is 0 Å². The van der Waals surface area contributed by atoms with E-state index in [-0.39, 0.29) is 11.3 Å². The van der Waals surface area contributed by atoms with E-state index in [0.717, 1.165) is 23.7 Å². The molecule has 5 fully saturated rings. The van der Waals surface area contributed by atoms with E-state index in [1.165, 1.54) is 81.8 Å². The number of carboxylic acid groups (broad SMARTS) is 1. The van der Waals surface area contributed by atoms with Crippen LogP contribution in [0.25, 0.3) is 0 Å². The average molecular weight is 574 g/mol. The normalized spacial score (nSPS) is 50.2. The quantitative estimate of drug-likeness (QED) is 0.352. The highest BCUT2D eigenvalue weighted by atomic mass is 16.4. The fourth-order valence-electron chi connectivity index (χ4n) is 13.8. The lowest BCUT2D eigenvalue weighted by molar-refractivity contribution is -0.223. The molecule has 0 saturated heterocycles. The van der Waals surface area contributed by atoms with Gasteiger partial charge in [-0.15, -0.1) is 0 Å². The lowest BCUT2D eigenvalue weighted by Gasteiger charge is -2.72. The molecular weight excluding hydrogens is 514 g/mol. The van der Waals surface area contributed by atoms with Crippen molar-refractivity contribution in [3.05, 3.63) is 34.9 Å². The molecule has 5 saturated carbocycles. The van der Waals surface area contributed by atoms with E-state index in [0.29, 0.717) is 45.1 Å². The SMILES string of the molecule is CN[C@]12CC[C@@H](C3(C)CC3)[C@@H]1[C@H]1CC[C@@H]3[C@@]4(C)CC=C(C5=CC=C(C(=O)O)CC5C)C(C)(C)[C@@H]4CC[C@@]3(C)[C@]1(C)CC2. The van der Waals surface area contributed by atoms with Crippen molar-refractivity contribution < 1.29 is 9.90 Å². The molecule has 42 heavy (non-hydrogen) atoms. The van der Waals surface area contributed by atoms with Crippen LogP contribution in [0.5, 0.6) is 0 Å². The molecule has 1 unspecified atom stereocenters. The molecule has 10 atom stereocenters. The summed E-state index contributed by atoms with van der Waals surface area (Å²) < 4.78 is 0. The van der Waals surface area contributed by atoms with Gasteiger partial charge in [-0.25, -0.2) is 4.79 Å².